The Balaban J connectivity index is 1.94. The molecule has 0 radical (unpaired) electrons. The van der Waals surface area contributed by atoms with E-state index in [2.05, 4.69) is 16.9 Å². The summed E-state index contributed by atoms with van der Waals surface area (Å²) in [4.78, 5) is 6.46. The van der Waals surface area contributed by atoms with Gasteiger partial charge in [0.25, 0.3) is 0 Å². The van der Waals surface area contributed by atoms with Crippen molar-refractivity contribution in [1.29, 1.82) is 0 Å². The minimum atomic E-state index is -0.254. The molecule has 1 unspecified atom stereocenters. The predicted molar refractivity (Wildman–Crippen MR) is 76.1 cm³/mol. The molecule has 0 aliphatic carbocycles. The van der Waals surface area contributed by atoms with Gasteiger partial charge in [0, 0.05) is 19.2 Å². The second-order valence-electron chi connectivity index (χ2n) is 5.43. The number of halogens is 1. The lowest BCUT2D eigenvalue weighted by atomic mass is 10.2. The minimum Gasteiger partial charge on any atom is -0.374 e. The van der Waals surface area contributed by atoms with Crippen molar-refractivity contribution in [3.63, 3.8) is 0 Å². The molecule has 0 bridgehead atoms. The van der Waals surface area contributed by atoms with E-state index in [1.807, 2.05) is 4.57 Å². The Morgan fingerprint density at radius 1 is 1.50 bits per heavy atom. The number of morpholine rings is 1. The van der Waals surface area contributed by atoms with Crippen molar-refractivity contribution in [2.24, 2.45) is 0 Å². The van der Waals surface area contributed by atoms with Gasteiger partial charge in [-0.3, -0.25) is 0 Å². The molecule has 108 valence electrons. The maximum atomic E-state index is 13.6. The number of benzene rings is 1. The lowest BCUT2D eigenvalue weighted by Gasteiger charge is -2.30. The van der Waals surface area contributed by atoms with Crippen molar-refractivity contribution in [2.75, 3.05) is 32.5 Å². The number of anilines is 1. The molecule has 3 rings (SSSR count). The summed E-state index contributed by atoms with van der Waals surface area (Å²) in [5, 5.41) is 0. The van der Waals surface area contributed by atoms with Crippen LogP contribution in [0.3, 0.4) is 0 Å². The molecule has 1 aliphatic rings. The fraction of sp³-hybridized carbons (Fsp3) is 0.500. The highest BCUT2D eigenvalue weighted by Gasteiger charge is 2.20. The summed E-state index contributed by atoms with van der Waals surface area (Å²) in [6.45, 7) is 4.91. The zero-order chi connectivity index (χ0) is 14.3. The van der Waals surface area contributed by atoms with Gasteiger partial charge in [0.2, 0.25) is 5.95 Å². The Morgan fingerprint density at radius 3 is 3.05 bits per heavy atom. The van der Waals surface area contributed by atoms with Crippen LogP contribution in [0.1, 0.15) is 5.56 Å². The monoisotopic (exact) mass is 278 g/mol. The van der Waals surface area contributed by atoms with Gasteiger partial charge >= 0.3 is 0 Å². The zero-order valence-electron chi connectivity index (χ0n) is 11.8. The Labute approximate surface area is 117 Å². The van der Waals surface area contributed by atoms with Gasteiger partial charge in [-0.1, -0.05) is 0 Å². The van der Waals surface area contributed by atoms with Crippen molar-refractivity contribution in [2.45, 2.75) is 19.6 Å². The van der Waals surface area contributed by atoms with E-state index in [0.29, 0.717) is 23.6 Å². The fourth-order valence-corrected chi connectivity index (χ4v) is 2.64. The van der Waals surface area contributed by atoms with Gasteiger partial charge in [0.15, 0.2) is 0 Å². The van der Waals surface area contributed by atoms with Crippen LogP contribution in [0.4, 0.5) is 10.3 Å². The number of nitrogens with zero attached hydrogens (tertiary/aromatic N) is 3. The lowest BCUT2D eigenvalue weighted by Crippen LogP contribution is -2.42. The Hall–Kier alpha value is -1.66. The average molecular weight is 278 g/mol. The number of fused-ring (bicyclic) bond motifs is 1. The minimum absolute atomic E-state index is 0.0822. The molecule has 0 saturated carbocycles. The number of nitrogens with two attached hydrogens (primary N) is 1. The quantitative estimate of drug-likeness (QED) is 0.902. The molecular formula is C14H19FN4O. The molecule has 20 heavy (non-hydrogen) atoms. The van der Waals surface area contributed by atoms with E-state index >= 15 is 0 Å². The van der Waals surface area contributed by atoms with Crippen LogP contribution in [-0.2, 0) is 11.3 Å². The van der Waals surface area contributed by atoms with Gasteiger partial charge in [-0.2, -0.15) is 0 Å². The topological polar surface area (TPSA) is 56.3 Å². The predicted octanol–water partition coefficient (Wildman–Crippen LogP) is 1.40. The molecule has 0 spiro atoms. The third-order valence-corrected chi connectivity index (χ3v) is 3.79. The highest BCUT2D eigenvalue weighted by atomic mass is 19.1. The number of hydrogen-bond donors (Lipinski definition) is 1. The molecule has 2 aromatic rings. The van der Waals surface area contributed by atoms with E-state index in [0.717, 1.165) is 25.2 Å². The van der Waals surface area contributed by atoms with Gasteiger partial charge in [-0.05, 0) is 25.6 Å². The van der Waals surface area contributed by atoms with E-state index in [1.54, 1.807) is 13.0 Å². The average Bonchev–Trinajstić information content (AvgIpc) is 2.67. The van der Waals surface area contributed by atoms with E-state index in [-0.39, 0.29) is 11.9 Å². The van der Waals surface area contributed by atoms with Crippen LogP contribution in [0.5, 0.6) is 0 Å². The summed E-state index contributed by atoms with van der Waals surface area (Å²) in [5.41, 5.74) is 8.01. The van der Waals surface area contributed by atoms with Crippen LogP contribution >= 0.6 is 0 Å². The molecule has 6 heteroatoms. The first-order valence-corrected chi connectivity index (χ1v) is 6.76. The van der Waals surface area contributed by atoms with Crippen LogP contribution < -0.4 is 5.73 Å². The molecule has 5 nitrogen and oxygen atoms in total. The summed E-state index contributed by atoms with van der Waals surface area (Å²) in [6.07, 6.45) is 0.0822. The summed E-state index contributed by atoms with van der Waals surface area (Å²) < 4.78 is 21.2. The number of aryl methyl sites for hydroxylation is 1. The number of imidazole rings is 1. The first kappa shape index (κ1) is 13.3. The van der Waals surface area contributed by atoms with Crippen molar-refractivity contribution in [3.8, 4) is 0 Å². The Bertz CT molecular complexity index is 640. The number of hydrogen-bond acceptors (Lipinski definition) is 4. The standard InChI is InChI=1S/C14H19FN4O/c1-9-5-13-12(6-11(9)15)17-14(16)19(13)8-10-7-18(2)3-4-20-10/h5-6,10H,3-4,7-8H2,1-2H3,(H2,16,17). The Kier molecular flexibility index (Phi) is 3.35. The number of aromatic nitrogens is 2. The lowest BCUT2D eigenvalue weighted by molar-refractivity contribution is -0.0267. The second-order valence-corrected chi connectivity index (χ2v) is 5.43. The normalized spacial score (nSPS) is 20.6. The summed E-state index contributed by atoms with van der Waals surface area (Å²) >= 11 is 0. The van der Waals surface area contributed by atoms with Crippen LogP contribution in [-0.4, -0.2) is 47.3 Å². The van der Waals surface area contributed by atoms with Crippen LogP contribution in [0.25, 0.3) is 11.0 Å². The van der Waals surface area contributed by atoms with Crippen LogP contribution in [0, 0.1) is 12.7 Å². The third kappa shape index (κ3) is 2.36. The molecule has 1 aliphatic heterocycles. The maximum absolute atomic E-state index is 13.6. The summed E-state index contributed by atoms with van der Waals surface area (Å²) in [7, 11) is 2.07. The largest absolute Gasteiger partial charge is 0.374 e. The van der Waals surface area contributed by atoms with Crippen molar-refractivity contribution in [3.05, 3.63) is 23.5 Å². The van der Waals surface area contributed by atoms with Crippen molar-refractivity contribution >= 4 is 17.0 Å². The Morgan fingerprint density at radius 2 is 2.30 bits per heavy atom. The number of nitrogen functional groups attached to an aromatic ring is 1. The van der Waals surface area contributed by atoms with Gasteiger partial charge < -0.3 is 19.9 Å². The summed E-state index contributed by atoms with van der Waals surface area (Å²) in [6, 6.07) is 3.23. The molecule has 1 fully saturated rings. The highest BCUT2D eigenvalue weighted by Crippen LogP contribution is 2.22. The van der Waals surface area contributed by atoms with Gasteiger partial charge in [0.1, 0.15) is 5.82 Å². The first-order chi connectivity index (χ1) is 9.54. The molecule has 1 atom stereocenters. The summed E-state index contributed by atoms with van der Waals surface area (Å²) in [5.74, 6) is 0.151. The number of likely N-dealkylation sites (N-methyl/N-ethyl adjacent to an activating group) is 1. The van der Waals surface area contributed by atoms with Crippen LogP contribution in [0.2, 0.25) is 0 Å². The fourth-order valence-electron chi connectivity index (χ4n) is 2.64. The van der Waals surface area contributed by atoms with Crippen molar-refractivity contribution < 1.29 is 9.13 Å². The van der Waals surface area contributed by atoms with E-state index < -0.39 is 0 Å². The molecule has 1 aromatic heterocycles. The van der Waals surface area contributed by atoms with Crippen molar-refractivity contribution in [1.82, 2.24) is 14.5 Å². The van der Waals surface area contributed by atoms with E-state index in [1.165, 1.54) is 6.07 Å². The second kappa shape index (κ2) is 5.03. The van der Waals surface area contributed by atoms with E-state index in [9.17, 15) is 4.39 Å². The molecule has 1 saturated heterocycles. The molecule has 0 amide bonds. The maximum Gasteiger partial charge on any atom is 0.201 e. The first-order valence-electron chi connectivity index (χ1n) is 6.76. The molecule has 2 N–H and O–H groups in total. The molecule has 1 aromatic carbocycles. The van der Waals surface area contributed by atoms with E-state index in [4.69, 9.17) is 10.5 Å². The zero-order valence-corrected chi connectivity index (χ0v) is 11.8. The highest BCUT2D eigenvalue weighted by molar-refractivity contribution is 5.79. The number of rotatable bonds is 2. The SMILES string of the molecule is Cc1cc2c(cc1F)nc(N)n2CC1CN(C)CCO1. The molecular weight excluding hydrogens is 259 g/mol. The molecule has 2 heterocycles. The van der Waals surface area contributed by atoms with Gasteiger partial charge in [0.05, 0.1) is 30.3 Å². The third-order valence-electron chi connectivity index (χ3n) is 3.79. The van der Waals surface area contributed by atoms with Gasteiger partial charge in [-0.15, -0.1) is 0 Å². The number of ether oxygens (including phenoxy) is 1. The smallest absolute Gasteiger partial charge is 0.201 e. The van der Waals surface area contributed by atoms with Gasteiger partial charge in [-0.25, -0.2) is 9.37 Å². The van der Waals surface area contributed by atoms with Crippen LogP contribution in [0.15, 0.2) is 12.1 Å².